The Morgan fingerprint density at radius 3 is 2.80 bits per heavy atom. The summed E-state index contributed by atoms with van der Waals surface area (Å²) in [5.41, 5.74) is 2.83. The number of nitriles is 1. The smallest absolute Gasteiger partial charge is 0.295 e. The molecule has 5 nitrogen and oxygen atoms in total. The molecule has 126 valence electrons. The lowest BCUT2D eigenvalue weighted by Gasteiger charge is -2.05. The average molecular weight is 340 g/mol. The number of aromatic nitrogens is 3. The lowest BCUT2D eigenvalue weighted by atomic mass is 10.0. The van der Waals surface area contributed by atoms with E-state index < -0.39 is 11.8 Å². The first-order valence-electron chi connectivity index (χ1n) is 7.84. The van der Waals surface area contributed by atoms with Crippen LogP contribution in [0.4, 0.5) is 8.78 Å². The predicted octanol–water partition coefficient (Wildman–Crippen LogP) is 2.93. The van der Waals surface area contributed by atoms with E-state index in [1.54, 1.807) is 43.7 Å². The van der Waals surface area contributed by atoms with Crippen molar-refractivity contribution in [1.82, 2.24) is 14.1 Å². The van der Waals surface area contributed by atoms with Crippen LogP contribution >= 0.6 is 0 Å². The van der Waals surface area contributed by atoms with Gasteiger partial charge in [-0.05, 0) is 23.8 Å². The molecule has 0 bridgehead atoms. The predicted molar refractivity (Wildman–Crippen MR) is 88.2 cm³/mol. The summed E-state index contributed by atoms with van der Waals surface area (Å²) in [6, 6.07) is 9.05. The first-order chi connectivity index (χ1) is 11.9. The minimum Gasteiger partial charge on any atom is -0.295 e. The lowest BCUT2D eigenvalue weighted by Crippen LogP contribution is -2.23. The Morgan fingerprint density at radius 1 is 1.36 bits per heavy atom. The summed E-state index contributed by atoms with van der Waals surface area (Å²) in [6.07, 6.45) is 2.97. The van der Waals surface area contributed by atoms with E-state index in [9.17, 15) is 18.8 Å². The van der Waals surface area contributed by atoms with Crippen molar-refractivity contribution < 1.29 is 8.78 Å². The molecule has 0 spiro atoms. The molecule has 4 rings (SSSR count). The van der Waals surface area contributed by atoms with Crippen LogP contribution < -0.4 is 5.69 Å². The fraction of sp³-hybridized carbons (Fsp3) is 0.278. The van der Waals surface area contributed by atoms with E-state index in [0.717, 1.165) is 5.56 Å². The molecule has 1 atom stereocenters. The Bertz CT molecular complexity index is 1090. The van der Waals surface area contributed by atoms with Crippen LogP contribution in [-0.4, -0.2) is 20.0 Å². The highest BCUT2D eigenvalue weighted by Gasteiger charge is 2.56. The number of pyridine rings is 1. The van der Waals surface area contributed by atoms with Gasteiger partial charge in [0.25, 0.3) is 5.92 Å². The number of rotatable bonds is 3. The van der Waals surface area contributed by atoms with Gasteiger partial charge in [-0.25, -0.2) is 13.6 Å². The van der Waals surface area contributed by atoms with Gasteiger partial charge < -0.3 is 0 Å². The van der Waals surface area contributed by atoms with Crippen LogP contribution in [0.3, 0.4) is 0 Å². The molecular weight excluding hydrogens is 326 g/mol. The summed E-state index contributed by atoms with van der Waals surface area (Å²) in [6.45, 7) is 0.0128. The van der Waals surface area contributed by atoms with E-state index in [0.29, 0.717) is 22.2 Å². The third kappa shape index (κ3) is 2.41. The molecule has 0 aliphatic heterocycles. The summed E-state index contributed by atoms with van der Waals surface area (Å²) in [5.74, 6) is -3.45. The molecule has 25 heavy (non-hydrogen) atoms. The number of imidazole rings is 1. The van der Waals surface area contributed by atoms with Gasteiger partial charge in [-0.1, -0.05) is 6.07 Å². The van der Waals surface area contributed by atoms with Crippen LogP contribution in [0.5, 0.6) is 0 Å². The Labute approximate surface area is 141 Å². The van der Waals surface area contributed by atoms with Crippen LogP contribution in [-0.2, 0) is 13.6 Å². The molecule has 1 saturated carbocycles. The molecule has 2 aromatic heterocycles. The second-order valence-corrected chi connectivity index (χ2v) is 6.35. The summed E-state index contributed by atoms with van der Waals surface area (Å²) in [5, 5.41) is 9.24. The molecule has 0 N–H and O–H groups in total. The van der Waals surface area contributed by atoms with Crippen molar-refractivity contribution in [3.63, 3.8) is 0 Å². The quantitative estimate of drug-likeness (QED) is 0.736. The molecule has 0 saturated heterocycles. The number of nitrogens with zero attached hydrogens (tertiary/aromatic N) is 4. The number of fused-ring (bicyclic) bond motifs is 1. The van der Waals surface area contributed by atoms with E-state index in [1.807, 2.05) is 0 Å². The van der Waals surface area contributed by atoms with Crippen molar-refractivity contribution in [1.29, 1.82) is 5.26 Å². The minimum atomic E-state index is -2.67. The third-order valence-corrected chi connectivity index (χ3v) is 4.76. The Hall–Kier alpha value is -3.01. The van der Waals surface area contributed by atoms with Crippen molar-refractivity contribution in [2.24, 2.45) is 13.0 Å². The topological polar surface area (TPSA) is 63.6 Å². The highest BCUT2D eigenvalue weighted by molar-refractivity contribution is 5.84. The van der Waals surface area contributed by atoms with Crippen LogP contribution in [0.15, 0.2) is 41.5 Å². The summed E-state index contributed by atoms with van der Waals surface area (Å²) < 4.78 is 29.3. The standard InChI is InChI=1S/C18H14F2N4O/c1-23-16-6-11(14-9-22-5-4-12(14)8-21)2-3-15(16)24(17(23)25)10-13-7-18(13,19)20/h2-6,9,13H,7,10H2,1H3. The summed E-state index contributed by atoms with van der Waals surface area (Å²) in [4.78, 5) is 16.5. The molecular formula is C18H14F2N4O. The number of halogens is 2. The maximum absolute atomic E-state index is 13.2. The highest BCUT2D eigenvalue weighted by Crippen LogP contribution is 2.49. The van der Waals surface area contributed by atoms with Crippen LogP contribution in [0.1, 0.15) is 12.0 Å². The molecule has 1 aliphatic rings. The number of aryl methyl sites for hydroxylation is 1. The van der Waals surface area contributed by atoms with E-state index in [2.05, 4.69) is 11.1 Å². The van der Waals surface area contributed by atoms with Gasteiger partial charge in [-0.2, -0.15) is 5.26 Å². The van der Waals surface area contributed by atoms with Crippen LogP contribution in [0.2, 0.25) is 0 Å². The molecule has 2 heterocycles. The second kappa shape index (κ2) is 5.24. The van der Waals surface area contributed by atoms with E-state index in [4.69, 9.17) is 0 Å². The normalized spacial score (nSPS) is 18.2. The first-order valence-corrected chi connectivity index (χ1v) is 7.84. The SMILES string of the molecule is Cn1c(=O)n(CC2CC2(F)F)c2ccc(-c3cnccc3C#N)cc21. The summed E-state index contributed by atoms with van der Waals surface area (Å²) >= 11 is 0. The molecule has 1 aromatic carbocycles. The Morgan fingerprint density at radius 2 is 2.12 bits per heavy atom. The molecule has 1 aliphatic carbocycles. The highest BCUT2D eigenvalue weighted by atomic mass is 19.3. The molecule has 3 aromatic rings. The van der Waals surface area contributed by atoms with E-state index in [-0.39, 0.29) is 18.7 Å². The number of hydrogen-bond acceptors (Lipinski definition) is 3. The van der Waals surface area contributed by atoms with E-state index in [1.165, 1.54) is 9.13 Å². The molecule has 1 unspecified atom stereocenters. The number of alkyl halides is 2. The second-order valence-electron chi connectivity index (χ2n) is 6.35. The number of hydrogen-bond donors (Lipinski definition) is 0. The lowest BCUT2D eigenvalue weighted by molar-refractivity contribution is 0.0951. The van der Waals surface area contributed by atoms with Crippen molar-refractivity contribution in [3.05, 3.63) is 52.7 Å². The maximum Gasteiger partial charge on any atom is 0.328 e. The van der Waals surface area contributed by atoms with Gasteiger partial charge in [-0.15, -0.1) is 0 Å². The summed E-state index contributed by atoms with van der Waals surface area (Å²) in [7, 11) is 1.62. The fourth-order valence-electron chi connectivity index (χ4n) is 3.16. The zero-order valence-electron chi connectivity index (χ0n) is 13.4. The Kier molecular flexibility index (Phi) is 3.25. The first kappa shape index (κ1) is 15.5. The van der Waals surface area contributed by atoms with Gasteiger partial charge in [0.1, 0.15) is 0 Å². The fourth-order valence-corrected chi connectivity index (χ4v) is 3.16. The zero-order chi connectivity index (χ0) is 17.8. The molecule has 7 heteroatoms. The molecule has 0 amide bonds. The van der Waals surface area contributed by atoms with E-state index >= 15 is 0 Å². The monoisotopic (exact) mass is 340 g/mol. The van der Waals surface area contributed by atoms with Gasteiger partial charge >= 0.3 is 5.69 Å². The van der Waals surface area contributed by atoms with Gasteiger partial charge in [0.05, 0.1) is 22.7 Å². The molecule has 0 radical (unpaired) electrons. The van der Waals surface area contributed by atoms with Gasteiger partial charge in [0.15, 0.2) is 0 Å². The average Bonchev–Trinajstić information content (AvgIpc) is 3.16. The third-order valence-electron chi connectivity index (χ3n) is 4.76. The largest absolute Gasteiger partial charge is 0.328 e. The van der Waals surface area contributed by atoms with Crippen molar-refractivity contribution in [3.8, 4) is 17.2 Å². The van der Waals surface area contributed by atoms with Gasteiger partial charge in [0.2, 0.25) is 0 Å². The molecule has 1 fully saturated rings. The van der Waals surface area contributed by atoms with Crippen LogP contribution in [0, 0.1) is 17.2 Å². The van der Waals surface area contributed by atoms with Gasteiger partial charge in [-0.3, -0.25) is 14.1 Å². The van der Waals surface area contributed by atoms with Crippen molar-refractivity contribution in [2.75, 3.05) is 0 Å². The van der Waals surface area contributed by atoms with Crippen LogP contribution in [0.25, 0.3) is 22.2 Å². The maximum atomic E-state index is 13.2. The van der Waals surface area contributed by atoms with Crippen molar-refractivity contribution >= 4 is 11.0 Å². The number of benzene rings is 1. The zero-order valence-corrected chi connectivity index (χ0v) is 13.4. The minimum absolute atomic E-state index is 0.0128. The Balaban J connectivity index is 1.84. The van der Waals surface area contributed by atoms with Crippen molar-refractivity contribution in [2.45, 2.75) is 18.9 Å². The van der Waals surface area contributed by atoms with Gasteiger partial charge in [0, 0.05) is 43.9 Å².